The molecular formula is C16H12N3. The van der Waals surface area contributed by atoms with Crippen LogP contribution in [0.1, 0.15) is 11.1 Å². The average Bonchev–Trinajstić information content (AvgIpc) is 2.95. The molecule has 1 aliphatic heterocycles. The number of benzene rings is 2. The van der Waals surface area contributed by atoms with E-state index in [9.17, 15) is 0 Å². The molecule has 3 heteroatoms. The lowest BCUT2D eigenvalue weighted by atomic mass is 10.1. The highest BCUT2D eigenvalue weighted by atomic mass is 15.5. The van der Waals surface area contributed by atoms with Gasteiger partial charge in [0.25, 0.3) is 0 Å². The first-order valence-electron chi connectivity index (χ1n) is 6.08. The zero-order valence-corrected chi connectivity index (χ0v) is 10.3. The molecule has 0 amide bonds. The maximum absolute atomic E-state index is 4.09. The quantitative estimate of drug-likeness (QED) is 0.798. The molecule has 0 spiro atoms. The van der Waals surface area contributed by atoms with Crippen LogP contribution in [-0.2, 0) is 0 Å². The zero-order chi connectivity index (χ0) is 12.9. The lowest BCUT2D eigenvalue weighted by molar-refractivity contribution is 0.812. The Morgan fingerprint density at radius 1 is 0.684 bits per heavy atom. The number of hydrogen-bond donors (Lipinski definition) is 0. The Bertz CT molecular complexity index is 640. The highest BCUT2D eigenvalue weighted by Crippen LogP contribution is 2.09. The number of allylic oxidation sites excluding steroid dienone is 1. The molecule has 0 atom stereocenters. The second kappa shape index (κ2) is 5.31. The van der Waals surface area contributed by atoms with E-state index in [0.717, 1.165) is 22.6 Å². The largest absolute Gasteiger partial charge is 0.128 e. The van der Waals surface area contributed by atoms with Crippen LogP contribution in [0.2, 0.25) is 0 Å². The first-order chi connectivity index (χ1) is 9.43. The van der Waals surface area contributed by atoms with Gasteiger partial charge in [-0.25, -0.2) is 0 Å². The lowest BCUT2D eigenvalue weighted by Crippen LogP contribution is -2.09. The van der Waals surface area contributed by atoms with Crippen LogP contribution >= 0.6 is 0 Å². The number of hydrogen-bond acceptors (Lipinski definition) is 2. The molecule has 2 aromatic carbocycles. The molecule has 0 aliphatic carbocycles. The predicted octanol–water partition coefficient (Wildman–Crippen LogP) is 3.08. The van der Waals surface area contributed by atoms with Crippen molar-refractivity contribution in [3.63, 3.8) is 0 Å². The molecule has 0 aromatic heterocycles. The van der Waals surface area contributed by atoms with Crippen molar-refractivity contribution >= 4 is 17.5 Å². The van der Waals surface area contributed by atoms with Crippen LogP contribution in [0.15, 0.2) is 76.9 Å². The Labute approximate surface area is 112 Å². The van der Waals surface area contributed by atoms with Crippen LogP contribution in [0, 0.1) is 0 Å². The molecule has 91 valence electrons. The van der Waals surface area contributed by atoms with Gasteiger partial charge < -0.3 is 0 Å². The molecule has 0 unspecified atom stereocenters. The topological polar surface area (TPSA) is 38.8 Å². The highest BCUT2D eigenvalue weighted by molar-refractivity contribution is 6.53. The van der Waals surface area contributed by atoms with Gasteiger partial charge in [-0.05, 0) is 17.2 Å². The van der Waals surface area contributed by atoms with Gasteiger partial charge in [0.15, 0.2) is 0 Å². The van der Waals surface area contributed by atoms with E-state index >= 15 is 0 Å². The summed E-state index contributed by atoms with van der Waals surface area (Å²) in [4.78, 5) is 0. The van der Waals surface area contributed by atoms with E-state index in [2.05, 4.69) is 15.7 Å². The van der Waals surface area contributed by atoms with E-state index in [1.165, 1.54) is 0 Å². The van der Waals surface area contributed by atoms with Crippen molar-refractivity contribution < 1.29 is 0 Å². The fourth-order valence-corrected chi connectivity index (χ4v) is 1.87. The molecule has 0 N–H and O–H groups in total. The van der Waals surface area contributed by atoms with Crippen LogP contribution in [0.5, 0.6) is 0 Å². The molecule has 0 saturated heterocycles. The number of nitrogens with zero attached hydrogens (tertiary/aromatic N) is 3. The number of rotatable bonds is 3. The molecule has 3 rings (SSSR count). The van der Waals surface area contributed by atoms with Crippen molar-refractivity contribution in [2.24, 2.45) is 10.2 Å². The molecule has 1 aliphatic rings. The summed E-state index contributed by atoms with van der Waals surface area (Å²) in [5.74, 6) is 0. The van der Waals surface area contributed by atoms with Crippen LogP contribution in [0.3, 0.4) is 0 Å². The lowest BCUT2D eigenvalue weighted by Gasteiger charge is -1.99. The van der Waals surface area contributed by atoms with E-state index in [1.54, 1.807) is 0 Å². The van der Waals surface area contributed by atoms with Gasteiger partial charge in [-0.3, -0.25) is 0 Å². The molecule has 0 fully saturated rings. The third-order valence-corrected chi connectivity index (χ3v) is 2.82. The second-order valence-corrected chi connectivity index (χ2v) is 4.13. The fourth-order valence-electron chi connectivity index (χ4n) is 1.87. The summed E-state index contributed by atoms with van der Waals surface area (Å²) < 4.78 is 0. The Morgan fingerprint density at radius 2 is 1.37 bits per heavy atom. The van der Waals surface area contributed by atoms with Gasteiger partial charge in [0.2, 0.25) is 0 Å². The van der Waals surface area contributed by atoms with Gasteiger partial charge in [0.1, 0.15) is 11.4 Å². The van der Waals surface area contributed by atoms with E-state index in [-0.39, 0.29) is 0 Å². The zero-order valence-electron chi connectivity index (χ0n) is 10.3. The molecule has 0 bridgehead atoms. The van der Waals surface area contributed by atoms with Crippen molar-refractivity contribution in [1.82, 2.24) is 5.53 Å². The average molecular weight is 246 g/mol. The van der Waals surface area contributed by atoms with Gasteiger partial charge in [0.05, 0.1) is 0 Å². The summed E-state index contributed by atoms with van der Waals surface area (Å²) in [5.41, 5.74) is 7.52. The van der Waals surface area contributed by atoms with Crippen LogP contribution in [0.25, 0.3) is 6.08 Å². The predicted molar refractivity (Wildman–Crippen MR) is 78.0 cm³/mol. The molecule has 1 radical (unpaired) electrons. The molecule has 0 saturated carbocycles. The highest BCUT2D eigenvalue weighted by Gasteiger charge is 2.14. The van der Waals surface area contributed by atoms with Gasteiger partial charge in [-0.1, -0.05) is 66.7 Å². The summed E-state index contributed by atoms with van der Waals surface area (Å²) in [6, 6.07) is 20.0. The van der Waals surface area contributed by atoms with Crippen LogP contribution in [0.4, 0.5) is 0 Å². The normalized spacial score (nSPS) is 14.1. The monoisotopic (exact) mass is 246 g/mol. The second-order valence-electron chi connectivity index (χ2n) is 4.13. The van der Waals surface area contributed by atoms with Crippen LogP contribution < -0.4 is 5.53 Å². The Morgan fingerprint density at radius 3 is 2.11 bits per heavy atom. The van der Waals surface area contributed by atoms with Gasteiger partial charge in [-0.15, -0.1) is 10.2 Å². The SMILES string of the molecule is C(=C\c1ccccc1)/C1=N[N]N=C1c1ccccc1. The van der Waals surface area contributed by atoms with Crippen molar-refractivity contribution in [2.75, 3.05) is 0 Å². The van der Waals surface area contributed by atoms with Crippen LogP contribution in [-0.4, -0.2) is 11.4 Å². The van der Waals surface area contributed by atoms with Gasteiger partial charge in [-0.2, -0.15) is 0 Å². The summed E-state index contributed by atoms with van der Waals surface area (Å²) in [6.45, 7) is 0. The first-order valence-corrected chi connectivity index (χ1v) is 6.08. The van der Waals surface area contributed by atoms with E-state index in [4.69, 9.17) is 0 Å². The minimum atomic E-state index is 0.787. The Hall–Kier alpha value is -2.68. The van der Waals surface area contributed by atoms with Crippen molar-refractivity contribution in [3.05, 3.63) is 77.9 Å². The summed E-state index contributed by atoms with van der Waals surface area (Å²) >= 11 is 0. The summed E-state index contributed by atoms with van der Waals surface area (Å²) in [7, 11) is 0. The smallest absolute Gasteiger partial charge is 0.122 e. The standard InChI is InChI=1S/C16H12N3/c1-3-7-13(8-4-1)11-12-15-16(18-19-17-15)14-9-5-2-6-10-14/h1-12H/b12-11+. The van der Waals surface area contributed by atoms with Crippen molar-refractivity contribution in [3.8, 4) is 0 Å². The minimum Gasteiger partial charge on any atom is -0.128 e. The third-order valence-electron chi connectivity index (χ3n) is 2.82. The molecular weight excluding hydrogens is 234 g/mol. The van der Waals surface area contributed by atoms with Gasteiger partial charge >= 0.3 is 0 Å². The third kappa shape index (κ3) is 2.60. The van der Waals surface area contributed by atoms with Crippen molar-refractivity contribution in [2.45, 2.75) is 0 Å². The molecule has 19 heavy (non-hydrogen) atoms. The Balaban J connectivity index is 1.83. The van der Waals surface area contributed by atoms with E-state index < -0.39 is 0 Å². The summed E-state index contributed by atoms with van der Waals surface area (Å²) in [6.07, 6.45) is 3.95. The van der Waals surface area contributed by atoms with Gasteiger partial charge in [0, 0.05) is 5.56 Å². The molecule has 3 nitrogen and oxygen atoms in total. The molecule has 2 aromatic rings. The first kappa shape index (κ1) is 11.4. The Kier molecular flexibility index (Phi) is 3.19. The molecule has 1 heterocycles. The van der Waals surface area contributed by atoms with E-state index in [1.807, 2.05) is 72.8 Å². The summed E-state index contributed by atoms with van der Waals surface area (Å²) in [5, 5.41) is 8.15. The maximum Gasteiger partial charge on any atom is 0.122 e. The van der Waals surface area contributed by atoms with E-state index in [0.29, 0.717) is 0 Å². The fraction of sp³-hybridized carbons (Fsp3) is 0. The maximum atomic E-state index is 4.09. The minimum absolute atomic E-state index is 0.787. The van der Waals surface area contributed by atoms with Crippen molar-refractivity contribution in [1.29, 1.82) is 0 Å².